The van der Waals surface area contributed by atoms with E-state index >= 15 is 0 Å². The first kappa shape index (κ1) is 13.4. The lowest BCUT2D eigenvalue weighted by atomic mass is 10.3. The second kappa shape index (κ2) is 6.22. The molecule has 0 saturated heterocycles. The Morgan fingerprint density at radius 1 is 1.50 bits per heavy atom. The van der Waals surface area contributed by atoms with Crippen molar-refractivity contribution in [3.8, 4) is 0 Å². The first-order valence-electron chi connectivity index (χ1n) is 5.43. The number of aromatic nitrogens is 2. The number of hydrogen-bond donors (Lipinski definition) is 1. The van der Waals surface area contributed by atoms with Gasteiger partial charge in [0.1, 0.15) is 0 Å². The summed E-state index contributed by atoms with van der Waals surface area (Å²) < 4.78 is 7.99. The number of rotatable bonds is 5. The Bertz CT molecular complexity index is 530. The van der Waals surface area contributed by atoms with Gasteiger partial charge in [-0.25, -0.2) is 4.98 Å². The second-order valence-electron chi connectivity index (χ2n) is 3.69. The summed E-state index contributed by atoms with van der Waals surface area (Å²) in [6, 6.07) is 5.64. The minimum absolute atomic E-state index is 0.636. The highest BCUT2D eigenvalue weighted by atomic mass is 79.9. The standard InChI is InChI=1S/C12H13BrClN3O/c1-18-7-6-17-5-4-15-12(17)16-11-8-9(13)2-3-10(11)14/h2-5,8H,6-7H2,1H3,(H,15,16). The van der Waals surface area contributed by atoms with Crippen LogP contribution >= 0.6 is 27.5 Å². The molecule has 0 radical (unpaired) electrons. The Morgan fingerprint density at radius 3 is 3.11 bits per heavy atom. The molecule has 0 aliphatic rings. The molecule has 18 heavy (non-hydrogen) atoms. The Hall–Kier alpha value is -1.04. The lowest BCUT2D eigenvalue weighted by Gasteiger charge is -2.10. The molecular weight excluding hydrogens is 318 g/mol. The van der Waals surface area contributed by atoms with Gasteiger partial charge in [0.2, 0.25) is 5.95 Å². The van der Waals surface area contributed by atoms with E-state index in [-0.39, 0.29) is 0 Å². The van der Waals surface area contributed by atoms with E-state index in [4.69, 9.17) is 16.3 Å². The normalized spacial score (nSPS) is 10.6. The highest BCUT2D eigenvalue weighted by Gasteiger charge is 2.06. The van der Waals surface area contributed by atoms with E-state index in [9.17, 15) is 0 Å². The maximum atomic E-state index is 6.12. The molecule has 0 saturated carbocycles. The third-order valence-corrected chi connectivity index (χ3v) is 3.25. The predicted octanol–water partition coefficient (Wildman–Crippen LogP) is 3.69. The molecule has 1 aromatic heterocycles. The molecule has 0 aliphatic carbocycles. The van der Waals surface area contributed by atoms with Crippen LogP contribution in [0.2, 0.25) is 5.02 Å². The molecule has 0 fully saturated rings. The second-order valence-corrected chi connectivity index (χ2v) is 5.01. The lowest BCUT2D eigenvalue weighted by molar-refractivity contribution is 0.188. The maximum absolute atomic E-state index is 6.12. The van der Waals surface area contributed by atoms with Crippen molar-refractivity contribution in [1.82, 2.24) is 9.55 Å². The summed E-state index contributed by atoms with van der Waals surface area (Å²) in [6.07, 6.45) is 3.64. The van der Waals surface area contributed by atoms with Crippen LogP contribution in [0.1, 0.15) is 0 Å². The summed E-state index contributed by atoms with van der Waals surface area (Å²) in [4.78, 5) is 4.26. The topological polar surface area (TPSA) is 39.1 Å². The summed E-state index contributed by atoms with van der Waals surface area (Å²) in [5, 5.41) is 3.86. The highest BCUT2D eigenvalue weighted by molar-refractivity contribution is 9.10. The van der Waals surface area contributed by atoms with Crippen molar-refractivity contribution in [1.29, 1.82) is 0 Å². The van der Waals surface area contributed by atoms with Crippen LogP contribution in [0.15, 0.2) is 35.1 Å². The zero-order valence-corrected chi connectivity index (χ0v) is 12.2. The highest BCUT2D eigenvalue weighted by Crippen LogP contribution is 2.28. The largest absolute Gasteiger partial charge is 0.383 e. The summed E-state index contributed by atoms with van der Waals surface area (Å²) in [5.74, 6) is 0.743. The predicted molar refractivity (Wildman–Crippen MR) is 76.5 cm³/mol. The van der Waals surface area contributed by atoms with Gasteiger partial charge >= 0.3 is 0 Å². The number of nitrogens with zero attached hydrogens (tertiary/aromatic N) is 2. The van der Waals surface area contributed by atoms with Gasteiger partial charge in [0.05, 0.1) is 17.3 Å². The molecule has 1 aromatic carbocycles. The third-order valence-electron chi connectivity index (χ3n) is 2.43. The fraction of sp³-hybridized carbons (Fsp3) is 0.250. The molecule has 0 spiro atoms. The fourth-order valence-electron chi connectivity index (χ4n) is 1.52. The van der Waals surface area contributed by atoms with E-state index < -0.39 is 0 Å². The average Bonchev–Trinajstić information content (AvgIpc) is 2.79. The number of methoxy groups -OCH3 is 1. The Labute approximate surface area is 119 Å². The molecule has 96 valence electrons. The van der Waals surface area contributed by atoms with Crippen molar-refractivity contribution in [3.63, 3.8) is 0 Å². The average molecular weight is 331 g/mol. The van der Waals surface area contributed by atoms with E-state index in [1.807, 2.05) is 29.0 Å². The number of hydrogen-bond acceptors (Lipinski definition) is 3. The maximum Gasteiger partial charge on any atom is 0.207 e. The summed E-state index contributed by atoms with van der Waals surface area (Å²) >= 11 is 9.54. The van der Waals surface area contributed by atoms with Crippen LogP contribution in [-0.4, -0.2) is 23.3 Å². The molecule has 0 atom stereocenters. The van der Waals surface area contributed by atoms with Crippen molar-refractivity contribution in [2.24, 2.45) is 0 Å². The number of imidazole rings is 1. The Balaban J connectivity index is 2.18. The zero-order chi connectivity index (χ0) is 13.0. The van der Waals surface area contributed by atoms with Crippen LogP contribution in [0.5, 0.6) is 0 Å². The van der Waals surface area contributed by atoms with Crippen LogP contribution < -0.4 is 5.32 Å². The minimum atomic E-state index is 0.636. The van der Waals surface area contributed by atoms with E-state index in [0.29, 0.717) is 11.6 Å². The Morgan fingerprint density at radius 2 is 2.33 bits per heavy atom. The molecule has 1 heterocycles. The van der Waals surface area contributed by atoms with Gasteiger partial charge < -0.3 is 14.6 Å². The summed E-state index contributed by atoms with van der Waals surface area (Å²) in [5.41, 5.74) is 0.816. The molecule has 0 bridgehead atoms. The lowest BCUT2D eigenvalue weighted by Crippen LogP contribution is -2.07. The van der Waals surface area contributed by atoms with Crippen molar-refractivity contribution in [2.45, 2.75) is 6.54 Å². The number of ether oxygens (including phenoxy) is 1. The van der Waals surface area contributed by atoms with Gasteiger partial charge in [-0.05, 0) is 18.2 Å². The van der Waals surface area contributed by atoms with Gasteiger partial charge in [-0.1, -0.05) is 27.5 Å². The van der Waals surface area contributed by atoms with Gasteiger partial charge in [0.25, 0.3) is 0 Å². The SMILES string of the molecule is COCCn1ccnc1Nc1cc(Br)ccc1Cl. The first-order chi connectivity index (χ1) is 8.70. The van der Waals surface area contributed by atoms with E-state index in [2.05, 4.69) is 26.2 Å². The van der Waals surface area contributed by atoms with Crippen LogP contribution in [0.4, 0.5) is 11.6 Å². The molecule has 2 rings (SSSR count). The van der Waals surface area contributed by atoms with Gasteiger partial charge in [0, 0.05) is 30.5 Å². The molecule has 0 amide bonds. The van der Waals surface area contributed by atoms with Crippen molar-refractivity contribution in [3.05, 3.63) is 40.1 Å². The number of benzene rings is 1. The van der Waals surface area contributed by atoms with Gasteiger partial charge in [0.15, 0.2) is 0 Å². The van der Waals surface area contributed by atoms with Crippen molar-refractivity contribution >= 4 is 39.2 Å². The number of anilines is 2. The van der Waals surface area contributed by atoms with Crippen LogP contribution in [0.3, 0.4) is 0 Å². The molecule has 4 nitrogen and oxygen atoms in total. The zero-order valence-electron chi connectivity index (χ0n) is 9.86. The van der Waals surface area contributed by atoms with Crippen LogP contribution in [-0.2, 0) is 11.3 Å². The van der Waals surface area contributed by atoms with E-state index in [1.165, 1.54) is 0 Å². The van der Waals surface area contributed by atoms with Crippen molar-refractivity contribution in [2.75, 3.05) is 19.0 Å². The van der Waals surface area contributed by atoms with Crippen LogP contribution in [0, 0.1) is 0 Å². The van der Waals surface area contributed by atoms with Crippen molar-refractivity contribution < 1.29 is 4.74 Å². The number of nitrogens with one attached hydrogen (secondary N) is 1. The minimum Gasteiger partial charge on any atom is -0.383 e. The van der Waals surface area contributed by atoms with Crippen LogP contribution in [0.25, 0.3) is 0 Å². The first-order valence-corrected chi connectivity index (χ1v) is 6.60. The molecule has 1 N–H and O–H groups in total. The van der Waals surface area contributed by atoms with Gasteiger partial charge in [-0.2, -0.15) is 0 Å². The third kappa shape index (κ3) is 3.25. The smallest absolute Gasteiger partial charge is 0.207 e. The molecule has 0 aliphatic heterocycles. The summed E-state index contributed by atoms with van der Waals surface area (Å²) in [7, 11) is 1.68. The summed E-state index contributed by atoms with van der Waals surface area (Å²) in [6.45, 7) is 1.38. The number of halogens is 2. The van der Waals surface area contributed by atoms with E-state index in [0.717, 1.165) is 22.7 Å². The molecular formula is C12H13BrClN3O. The quantitative estimate of drug-likeness (QED) is 0.909. The molecule has 6 heteroatoms. The van der Waals surface area contributed by atoms with Gasteiger partial charge in [-0.3, -0.25) is 0 Å². The Kier molecular flexibility index (Phi) is 4.63. The molecule has 0 unspecified atom stereocenters. The molecule has 2 aromatic rings. The fourth-order valence-corrected chi connectivity index (χ4v) is 2.04. The van der Waals surface area contributed by atoms with E-state index in [1.54, 1.807) is 13.3 Å². The van der Waals surface area contributed by atoms with Gasteiger partial charge in [-0.15, -0.1) is 0 Å². The monoisotopic (exact) mass is 329 g/mol.